The van der Waals surface area contributed by atoms with Crippen LogP contribution in [0.15, 0.2) is 138 Å². The van der Waals surface area contributed by atoms with Crippen molar-refractivity contribution in [3.63, 3.8) is 0 Å². The summed E-state index contributed by atoms with van der Waals surface area (Å²) in [6.07, 6.45) is -7.51. The maximum atomic E-state index is 13.7. The van der Waals surface area contributed by atoms with E-state index in [4.69, 9.17) is 48.2 Å². The lowest BCUT2D eigenvalue weighted by atomic mass is 9.77. The van der Waals surface area contributed by atoms with E-state index in [1.807, 2.05) is 84.9 Å². The molecular weight excluding hydrogens is 1480 g/mol. The van der Waals surface area contributed by atoms with Gasteiger partial charge in [0.1, 0.15) is 59.7 Å². The second-order valence-electron chi connectivity index (χ2n) is 21.1. The van der Waals surface area contributed by atoms with Gasteiger partial charge >= 0.3 is 13.7 Å². The molecule has 42 heteroatoms. The van der Waals surface area contributed by atoms with E-state index in [0.29, 0.717) is 5.75 Å². The number of para-hydroxylation sites is 1. The third kappa shape index (κ3) is 18.4. The molecule has 96 heavy (non-hydrogen) atoms. The van der Waals surface area contributed by atoms with Gasteiger partial charge in [-0.2, -0.15) is 15.1 Å². The van der Waals surface area contributed by atoms with Crippen LogP contribution in [-0.2, 0) is 47.8 Å². The Hall–Kier alpha value is -2.63. The quantitative estimate of drug-likeness (QED) is 0.0135. The van der Waals surface area contributed by atoms with Crippen molar-refractivity contribution >= 4 is 161 Å². The van der Waals surface area contributed by atoms with E-state index < -0.39 is 104 Å². The first kappa shape index (κ1) is 79.1. The van der Waals surface area contributed by atoms with E-state index in [9.17, 15) is 34.3 Å². The number of aromatic amines is 2. The van der Waals surface area contributed by atoms with E-state index in [2.05, 4.69) is 118 Å². The largest absolute Gasteiger partial charge is 0.497 e. The number of carbonyl (C=O) groups is 1. The molecule has 11 rings (SSSR count). The molecule has 0 spiro atoms. The molecule has 8 aromatic rings. The van der Waals surface area contributed by atoms with Gasteiger partial charge < -0.3 is 64.1 Å². The highest BCUT2D eigenvalue weighted by atomic mass is 33.3. The van der Waals surface area contributed by atoms with Crippen LogP contribution in [0.2, 0.25) is 0 Å². The third-order valence-corrected chi connectivity index (χ3v) is 83.3. The summed E-state index contributed by atoms with van der Waals surface area (Å²) in [5.74, 6) is 0.217. The van der Waals surface area contributed by atoms with E-state index >= 15 is 0 Å². The van der Waals surface area contributed by atoms with Crippen LogP contribution in [0.1, 0.15) is 49.9 Å². The zero-order chi connectivity index (χ0) is 69.9. The number of nitrogens with one attached hydrogen (secondary N) is 4. The van der Waals surface area contributed by atoms with Crippen LogP contribution < -0.4 is 36.5 Å². The van der Waals surface area contributed by atoms with Crippen LogP contribution in [0.25, 0.3) is 22.3 Å². The smallest absolute Gasteiger partial charge is 0.459 e. The van der Waals surface area contributed by atoms with E-state index in [1.54, 1.807) is 36.8 Å². The number of ether oxygens (including phenoxy) is 7. The molecule has 3 saturated heterocycles. The third-order valence-electron chi connectivity index (χ3n) is 14.9. The monoisotopic (exact) mass is 1560 g/mol. The lowest BCUT2D eigenvalue weighted by Gasteiger charge is -2.37. The molecule has 4 aromatic heterocycles. The standard InChI is InChI=1S/C33H33N5O7.C21H27N6O9P.B2.H14P12/c1-19(39)25-26-27(45-32(42-3)44-26)30(43-25)38-18-34-24-28(38)35-31(36-29(24)40)37-33(20-10-6-4-7-11-20,21-12-8-5-9-13-21)22-14-16-23(41-2)17-15-22;1-10(20(31)33-3)26-37(32,36-12-7-5-4-6-8-12)35-11(2)16-14(28)15(29)19(34-16)27-9-23-13-17(27)24-21(22)25-18(13)30;1-2;1-8(2)11(7)12(9(3)4)10(5)6/h4-19,25-27,30,32,39H,1-3H3,(H2,35,36,37,40);4-11,14-16,19,28-29H,1-3H3,(H,26,32)(H3,22,24,25,30);;1-7H2/t19-,25-,26-,27-,30-,32?;10-,11+,14-,15+,16+,19+,37?;;/m10../s1. The molecule has 4 aromatic carbocycles. The second-order valence-corrected chi connectivity index (χ2v) is 67.7. The summed E-state index contributed by atoms with van der Waals surface area (Å²) in [7, 11) is 29.0. The highest BCUT2D eigenvalue weighted by Gasteiger charge is 2.56. The van der Waals surface area contributed by atoms with Crippen LogP contribution in [0.5, 0.6) is 11.5 Å². The van der Waals surface area contributed by atoms with Crippen molar-refractivity contribution in [2.75, 3.05) is 32.4 Å². The van der Waals surface area contributed by atoms with Crippen LogP contribution in [0.4, 0.5) is 11.9 Å². The highest BCUT2D eigenvalue weighted by Crippen LogP contribution is 3.16. The van der Waals surface area contributed by atoms with Crippen molar-refractivity contribution in [2.45, 2.75) is 100 Å². The number of imidazole rings is 2. The van der Waals surface area contributed by atoms with E-state index in [0.717, 1.165) is 16.7 Å². The minimum Gasteiger partial charge on any atom is -0.497 e. The number of rotatable bonds is 22. The molecule has 4 radical (unpaired) electrons. The predicted molar refractivity (Wildman–Crippen MR) is 406 cm³/mol. The molecular formula is C54H74B2N11O16P13. The fourth-order valence-electron chi connectivity index (χ4n) is 10.6. The number of methoxy groups -OCH3 is 3. The number of hydrogen-bond acceptors (Lipinski definition) is 22. The van der Waals surface area contributed by atoms with Gasteiger partial charge in [-0.3, -0.25) is 38.0 Å². The maximum Gasteiger partial charge on any atom is 0.459 e. The Kier molecular flexibility index (Phi) is 29.6. The number of esters is 1. The van der Waals surface area contributed by atoms with Gasteiger partial charge in [0, 0.05) is 22.6 Å². The number of aliphatic hydroxyl groups is 3. The molecule has 21 atom stereocenters. The fraction of sp³-hybridized carbons (Fsp3) is 0.352. The van der Waals surface area contributed by atoms with Gasteiger partial charge in [-0.1, -0.05) is 91.0 Å². The van der Waals surface area contributed by atoms with Crippen molar-refractivity contribution in [1.82, 2.24) is 44.1 Å². The van der Waals surface area contributed by atoms with Crippen LogP contribution in [-0.4, -0.2) is 158 Å². The first-order chi connectivity index (χ1) is 45.8. The molecule has 0 aliphatic carbocycles. The van der Waals surface area contributed by atoms with Crippen molar-refractivity contribution in [1.29, 1.82) is 0 Å². The predicted octanol–water partition coefficient (Wildman–Crippen LogP) is 9.41. The number of aromatic nitrogens is 8. The molecule has 10 unspecified atom stereocenters. The lowest BCUT2D eigenvalue weighted by Crippen LogP contribution is -2.41. The number of carbonyl (C=O) groups excluding carboxylic acids is 1. The summed E-state index contributed by atoms with van der Waals surface area (Å²) in [6, 6.07) is 34.7. The first-order valence-corrected chi connectivity index (χ1v) is 51.1. The number of anilines is 2. The summed E-state index contributed by atoms with van der Waals surface area (Å²) in [4.78, 5) is 60.0. The molecule has 3 aliphatic rings. The van der Waals surface area contributed by atoms with Crippen molar-refractivity contribution < 1.29 is 66.9 Å². The molecule has 3 fully saturated rings. The lowest BCUT2D eigenvalue weighted by molar-refractivity contribution is -0.259. The average Bonchev–Trinajstić information content (AvgIpc) is 1.39. The summed E-state index contributed by atoms with van der Waals surface area (Å²) in [6.45, 7) is 4.26. The molecule has 0 amide bonds. The van der Waals surface area contributed by atoms with Crippen molar-refractivity contribution in [3.05, 3.63) is 165 Å². The van der Waals surface area contributed by atoms with Gasteiger partial charge in [0.2, 0.25) is 11.9 Å². The maximum absolute atomic E-state index is 13.7. The molecule has 0 saturated carbocycles. The Bertz CT molecular complexity index is 3960. The second kappa shape index (κ2) is 36.0. The van der Waals surface area contributed by atoms with Gasteiger partial charge in [0.05, 0.1) is 39.1 Å². The van der Waals surface area contributed by atoms with E-state index in [-0.39, 0.29) is 74.9 Å². The van der Waals surface area contributed by atoms with Crippen LogP contribution in [0.3, 0.4) is 0 Å². The van der Waals surface area contributed by atoms with Crippen LogP contribution >= 0.6 is 105 Å². The fourth-order valence-corrected chi connectivity index (χ4v) is 115. The normalized spacial score (nSPS) is 22.6. The number of nitrogens with zero attached hydrogens (tertiary/aromatic N) is 6. The Morgan fingerprint density at radius 1 is 0.688 bits per heavy atom. The molecule has 7 heterocycles. The summed E-state index contributed by atoms with van der Waals surface area (Å²) in [5, 5.41) is 38.0. The minimum atomic E-state index is -4.27. The SMILES string of the molecule is COC(=O)[C@H](C)NP(=O)(Oc1ccccc1)O[C@H](C)[C@H]1O[C@@H](n2cnc3c(=O)[nH]c(N)nc32)[C@H](O)[C@@H]1O.COc1ccc(C(Nc2nc3c(ncn3[C@@H]3O[C@H]([C@@H](C)O)[C@H]4OC(OC)O[C@H]43)c(=O)[nH]2)(c2ccccc2)c2ccccc2)cc1.PP(P)P(P)P(P(P)P)P(P)P.[B][B]. The zero-order valence-electron chi connectivity index (χ0n) is 52.3. The summed E-state index contributed by atoms with van der Waals surface area (Å²) in [5.41, 5.74) is 6.71. The summed E-state index contributed by atoms with van der Waals surface area (Å²) >= 11 is 0. The van der Waals surface area contributed by atoms with Gasteiger partial charge in [-0.25, -0.2) is 14.5 Å². The summed E-state index contributed by atoms with van der Waals surface area (Å²) < 4.78 is 67.2. The highest BCUT2D eigenvalue weighted by molar-refractivity contribution is 9.21. The Morgan fingerprint density at radius 3 is 1.71 bits per heavy atom. The van der Waals surface area contributed by atoms with E-state index in [1.165, 1.54) is 57.4 Å². The number of aliphatic hydroxyl groups excluding tert-OH is 3. The molecule has 512 valence electrons. The Balaban J connectivity index is 0.000000208. The zero-order valence-corrected chi connectivity index (χ0v) is 65.8. The van der Waals surface area contributed by atoms with Gasteiger partial charge in [-0.05, 0) is 96.7 Å². The van der Waals surface area contributed by atoms with Crippen LogP contribution in [0, 0.1) is 0 Å². The topological polar surface area (TPSA) is 355 Å². The van der Waals surface area contributed by atoms with Gasteiger partial charge in [-0.15, -0.1) is 62.5 Å². The van der Waals surface area contributed by atoms with Crippen molar-refractivity contribution in [2.24, 2.45) is 0 Å². The average molecular weight is 1560 g/mol. The minimum absolute atomic E-state index is 0.0263. The molecule has 0 bridgehead atoms. The molecule has 3 aliphatic heterocycles. The number of hydrogen-bond donors (Lipinski definition) is 8. The Labute approximate surface area is 577 Å². The number of fused-ring (bicyclic) bond motifs is 3. The number of H-pyrrole nitrogens is 2. The van der Waals surface area contributed by atoms with Crippen molar-refractivity contribution in [3.8, 4) is 11.5 Å². The van der Waals surface area contributed by atoms with Gasteiger partial charge in [0.25, 0.3) is 17.6 Å². The van der Waals surface area contributed by atoms with Gasteiger partial charge in [0.15, 0.2) is 34.8 Å². The molecule has 27 nitrogen and oxygen atoms in total. The first-order valence-electron chi connectivity index (χ1n) is 28.7. The molecule has 9 N–H and O–H groups in total. The number of benzene rings is 4. The Morgan fingerprint density at radius 2 is 1.20 bits per heavy atom. The number of nitrogens with two attached hydrogens (primary N) is 1. The number of nitrogen functional groups attached to an aromatic ring is 1.